The SMILES string of the molecule is COc1cccc(-n2c(Cc3ccccc3)nnc2SCC2CCCO2)c1. The van der Waals surface area contributed by atoms with Gasteiger partial charge < -0.3 is 9.47 Å². The predicted octanol–water partition coefficient (Wildman–Crippen LogP) is 4.14. The van der Waals surface area contributed by atoms with E-state index < -0.39 is 0 Å². The molecule has 3 aromatic rings. The van der Waals surface area contributed by atoms with Crippen LogP contribution in [0.4, 0.5) is 0 Å². The van der Waals surface area contributed by atoms with Crippen molar-refractivity contribution in [1.29, 1.82) is 0 Å². The highest BCUT2D eigenvalue weighted by atomic mass is 32.2. The van der Waals surface area contributed by atoms with Gasteiger partial charge in [-0.3, -0.25) is 4.57 Å². The van der Waals surface area contributed by atoms with Crippen LogP contribution in [0.2, 0.25) is 0 Å². The summed E-state index contributed by atoms with van der Waals surface area (Å²) < 4.78 is 13.3. The lowest BCUT2D eigenvalue weighted by molar-refractivity contribution is 0.129. The van der Waals surface area contributed by atoms with Crippen molar-refractivity contribution in [3.8, 4) is 11.4 Å². The van der Waals surface area contributed by atoms with E-state index >= 15 is 0 Å². The lowest BCUT2D eigenvalue weighted by Crippen LogP contribution is -2.09. The number of thioether (sulfide) groups is 1. The van der Waals surface area contributed by atoms with Crippen LogP contribution in [0.15, 0.2) is 59.8 Å². The molecule has 0 saturated carbocycles. The average Bonchev–Trinajstić information content (AvgIpc) is 3.37. The zero-order chi connectivity index (χ0) is 18.5. The van der Waals surface area contributed by atoms with Crippen LogP contribution in [0.3, 0.4) is 0 Å². The third-order valence-corrected chi connectivity index (χ3v) is 5.70. The minimum atomic E-state index is 0.308. The number of hydrogen-bond donors (Lipinski definition) is 0. The maximum Gasteiger partial charge on any atom is 0.195 e. The van der Waals surface area contributed by atoms with Gasteiger partial charge in [0.1, 0.15) is 11.6 Å². The first-order valence-electron chi connectivity index (χ1n) is 9.20. The summed E-state index contributed by atoms with van der Waals surface area (Å²) in [5.74, 6) is 2.64. The predicted molar refractivity (Wildman–Crippen MR) is 107 cm³/mol. The lowest BCUT2D eigenvalue weighted by Gasteiger charge is -2.13. The molecule has 5 nitrogen and oxygen atoms in total. The fourth-order valence-electron chi connectivity index (χ4n) is 3.24. The highest BCUT2D eigenvalue weighted by Crippen LogP contribution is 2.28. The summed E-state index contributed by atoms with van der Waals surface area (Å²) in [6.07, 6.45) is 3.30. The average molecular weight is 382 g/mol. The standard InChI is InChI=1S/C21H23N3O2S/c1-25-18-10-5-9-17(14-18)24-20(13-16-7-3-2-4-8-16)22-23-21(24)27-15-19-11-6-12-26-19/h2-5,7-10,14,19H,6,11-13,15H2,1H3. The largest absolute Gasteiger partial charge is 0.497 e. The molecule has 0 bridgehead atoms. The Hall–Kier alpha value is -2.31. The van der Waals surface area contributed by atoms with E-state index in [0.717, 1.165) is 54.0 Å². The summed E-state index contributed by atoms with van der Waals surface area (Å²) in [5.41, 5.74) is 2.23. The van der Waals surface area contributed by atoms with Gasteiger partial charge in [-0.05, 0) is 30.5 Å². The van der Waals surface area contributed by atoms with Crippen molar-refractivity contribution in [1.82, 2.24) is 14.8 Å². The Kier molecular flexibility index (Phi) is 5.75. The van der Waals surface area contributed by atoms with Crippen LogP contribution in [0, 0.1) is 0 Å². The molecule has 0 N–H and O–H groups in total. The van der Waals surface area contributed by atoms with Crippen LogP contribution < -0.4 is 4.74 Å². The molecule has 1 aromatic heterocycles. The van der Waals surface area contributed by atoms with Crippen LogP contribution in [-0.2, 0) is 11.2 Å². The first-order chi connectivity index (χ1) is 13.3. The van der Waals surface area contributed by atoms with Crippen molar-refractivity contribution in [3.05, 3.63) is 66.0 Å². The second-order valence-electron chi connectivity index (χ2n) is 6.54. The minimum absolute atomic E-state index is 0.308. The summed E-state index contributed by atoms with van der Waals surface area (Å²) in [5, 5.41) is 9.88. The fourth-order valence-corrected chi connectivity index (χ4v) is 4.28. The molecule has 0 aliphatic carbocycles. The molecular weight excluding hydrogens is 358 g/mol. The molecule has 1 atom stereocenters. The first kappa shape index (κ1) is 18.1. The van der Waals surface area contributed by atoms with Crippen LogP contribution in [-0.4, -0.2) is 40.3 Å². The van der Waals surface area contributed by atoms with E-state index in [9.17, 15) is 0 Å². The number of rotatable bonds is 7. The van der Waals surface area contributed by atoms with Gasteiger partial charge in [0.05, 0.1) is 18.9 Å². The number of ether oxygens (including phenoxy) is 2. The Bertz CT molecular complexity index is 876. The Morgan fingerprint density at radius 3 is 2.81 bits per heavy atom. The van der Waals surface area contributed by atoms with E-state index in [1.54, 1.807) is 18.9 Å². The fraction of sp³-hybridized carbons (Fsp3) is 0.333. The quantitative estimate of drug-likeness (QED) is 0.576. The number of hydrogen-bond acceptors (Lipinski definition) is 5. The topological polar surface area (TPSA) is 49.2 Å². The molecule has 0 radical (unpaired) electrons. The van der Waals surface area contributed by atoms with E-state index in [-0.39, 0.29) is 0 Å². The van der Waals surface area contributed by atoms with Gasteiger partial charge in [-0.25, -0.2) is 0 Å². The summed E-state index contributed by atoms with van der Waals surface area (Å²) in [4.78, 5) is 0. The van der Waals surface area contributed by atoms with Crippen molar-refractivity contribution in [2.45, 2.75) is 30.5 Å². The molecule has 1 aliphatic rings. The second kappa shape index (κ2) is 8.59. The van der Waals surface area contributed by atoms with E-state index in [4.69, 9.17) is 9.47 Å². The number of benzene rings is 2. The van der Waals surface area contributed by atoms with E-state index in [1.165, 1.54) is 5.56 Å². The monoisotopic (exact) mass is 381 g/mol. The third-order valence-electron chi connectivity index (χ3n) is 4.64. The van der Waals surface area contributed by atoms with Crippen molar-refractivity contribution < 1.29 is 9.47 Å². The Morgan fingerprint density at radius 1 is 1.15 bits per heavy atom. The molecule has 0 spiro atoms. The van der Waals surface area contributed by atoms with Gasteiger partial charge in [-0.15, -0.1) is 10.2 Å². The molecule has 1 saturated heterocycles. The van der Waals surface area contributed by atoms with Crippen LogP contribution >= 0.6 is 11.8 Å². The Labute approximate surface area is 163 Å². The lowest BCUT2D eigenvalue weighted by atomic mass is 10.1. The third kappa shape index (κ3) is 4.34. The van der Waals surface area contributed by atoms with Crippen molar-refractivity contribution in [2.24, 2.45) is 0 Å². The van der Waals surface area contributed by atoms with Crippen LogP contribution in [0.5, 0.6) is 5.75 Å². The second-order valence-corrected chi connectivity index (χ2v) is 7.53. The molecule has 27 heavy (non-hydrogen) atoms. The van der Waals surface area contributed by atoms with E-state index in [1.807, 2.05) is 24.3 Å². The molecule has 2 heterocycles. The van der Waals surface area contributed by atoms with Gasteiger partial charge in [-0.2, -0.15) is 0 Å². The Balaban J connectivity index is 1.65. The van der Waals surface area contributed by atoms with E-state index in [2.05, 4.69) is 45.1 Å². The van der Waals surface area contributed by atoms with E-state index in [0.29, 0.717) is 6.10 Å². The number of methoxy groups -OCH3 is 1. The highest BCUT2D eigenvalue weighted by molar-refractivity contribution is 7.99. The molecule has 140 valence electrons. The summed E-state index contributed by atoms with van der Waals surface area (Å²) >= 11 is 1.71. The maximum atomic E-state index is 5.76. The van der Waals surface area contributed by atoms with Gasteiger partial charge in [0, 0.05) is 24.8 Å². The van der Waals surface area contributed by atoms with Crippen LogP contribution in [0.25, 0.3) is 5.69 Å². The minimum Gasteiger partial charge on any atom is -0.497 e. The molecule has 1 unspecified atom stereocenters. The summed E-state index contributed by atoms with van der Waals surface area (Å²) in [7, 11) is 1.68. The normalized spacial score (nSPS) is 16.6. The maximum absolute atomic E-state index is 5.76. The Morgan fingerprint density at radius 2 is 2.04 bits per heavy atom. The molecule has 0 amide bonds. The zero-order valence-corrected chi connectivity index (χ0v) is 16.2. The van der Waals surface area contributed by atoms with Gasteiger partial charge in [-0.1, -0.05) is 48.2 Å². The highest BCUT2D eigenvalue weighted by Gasteiger charge is 2.20. The summed E-state index contributed by atoms with van der Waals surface area (Å²) in [6.45, 7) is 0.868. The zero-order valence-electron chi connectivity index (χ0n) is 15.4. The van der Waals surface area contributed by atoms with Gasteiger partial charge in [0.2, 0.25) is 0 Å². The number of nitrogens with zero attached hydrogens (tertiary/aromatic N) is 3. The van der Waals surface area contributed by atoms with Gasteiger partial charge in [0.25, 0.3) is 0 Å². The molecular formula is C21H23N3O2S. The number of aromatic nitrogens is 3. The van der Waals surface area contributed by atoms with Gasteiger partial charge >= 0.3 is 0 Å². The molecule has 2 aromatic carbocycles. The first-order valence-corrected chi connectivity index (χ1v) is 10.2. The molecule has 1 fully saturated rings. The van der Waals surface area contributed by atoms with Crippen molar-refractivity contribution in [3.63, 3.8) is 0 Å². The summed E-state index contributed by atoms with van der Waals surface area (Å²) in [6, 6.07) is 18.4. The van der Waals surface area contributed by atoms with Crippen LogP contribution in [0.1, 0.15) is 24.2 Å². The molecule has 6 heteroatoms. The van der Waals surface area contributed by atoms with Crippen molar-refractivity contribution in [2.75, 3.05) is 19.5 Å². The van der Waals surface area contributed by atoms with Crippen molar-refractivity contribution >= 4 is 11.8 Å². The smallest absolute Gasteiger partial charge is 0.195 e. The van der Waals surface area contributed by atoms with Gasteiger partial charge in [0.15, 0.2) is 5.16 Å². The molecule has 4 rings (SSSR count). The molecule has 1 aliphatic heterocycles.